The van der Waals surface area contributed by atoms with Crippen molar-refractivity contribution in [3.05, 3.63) is 73.4 Å². The number of benzene rings is 1. The van der Waals surface area contributed by atoms with Crippen molar-refractivity contribution >= 4 is 0 Å². The Morgan fingerprint density at radius 2 is 1.39 bits per heavy atom. The molecular formula is C17H19N. The van der Waals surface area contributed by atoms with Crippen molar-refractivity contribution in [1.82, 2.24) is 0 Å². The third kappa shape index (κ3) is 2.99. The molecule has 0 N–H and O–H groups in total. The lowest BCUT2D eigenvalue weighted by Crippen LogP contribution is -2.24. The number of allylic oxidation sites excluding steroid dienone is 3. The van der Waals surface area contributed by atoms with Crippen LogP contribution in [0.5, 0.6) is 0 Å². The average Bonchev–Trinajstić information content (AvgIpc) is 2.39. The first kappa shape index (κ1) is 14.0. The predicted octanol–water partition coefficient (Wildman–Crippen LogP) is 4.52. The summed E-state index contributed by atoms with van der Waals surface area (Å²) in [6.07, 6.45) is 8.42. The smallest absolute Gasteiger partial charge is 0.0991 e. The molecule has 0 spiro atoms. The monoisotopic (exact) mass is 237 g/mol. The van der Waals surface area contributed by atoms with Crippen LogP contribution < -0.4 is 0 Å². The standard InChI is InChI=1S/C17H19N/c1-4-11-17(12-5-2,13-6-3)16-9-7-15(14-18)8-10-16/h4-10H,1-3,11-13H2. The van der Waals surface area contributed by atoms with Crippen molar-refractivity contribution in [2.75, 3.05) is 0 Å². The van der Waals surface area contributed by atoms with E-state index >= 15 is 0 Å². The number of nitriles is 1. The third-order valence-corrected chi connectivity index (χ3v) is 3.23. The molecule has 0 aliphatic carbocycles. The second kappa shape index (κ2) is 6.61. The van der Waals surface area contributed by atoms with E-state index in [1.54, 1.807) is 0 Å². The van der Waals surface area contributed by atoms with Gasteiger partial charge in [-0.2, -0.15) is 5.26 Å². The number of hydrogen-bond acceptors (Lipinski definition) is 1. The fourth-order valence-electron chi connectivity index (χ4n) is 2.33. The van der Waals surface area contributed by atoms with E-state index in [0.717, 1.165) is 19.3 Å². The molecule has 1 aromatic rings. The van der Waals surface area contributed by atoms with Crippen LogP contribution in [0.15, 0.2) is 62.2 Å². The summed E-state index contributed by atoms with van der Waals surface area (Å²) in [6.45, 7) is 11.5. The van der Waals surface area contributed by atoms with Gasteiger partial charge < -0.3 is 0 Å². The van der Waals surface area contributed by atoms with E-state index in [4.69, 9.17) is 5.26 Å². The zero-order valence-corrected chi connectivity index (χ0v) is 10.7. The molecule has 0 aliphatic rings. The minimum absolute atomic E-state index is 0.0285. The van der Waals surface area contributed by atoms with Gasteiger partial charge in [0.05, 0.1) is 11.6 Å². The van der Waals surface area contributed by atoms with Gasteiger partial charge in [0.1, 0.15) is 0 Å². The zero-order valence-electron chi connectivity index (χ0n) is 10.7. The molecule has 0 aliphatic heterocycles. The maximum absolute atomic E-state index is 8.84. The second-order valence-corrected chi connectivity index (χ2v) is 4.45. The molecule has 1 heteroatoms. The second-order valence-electron chi connectivity index (χ2n) is 4.45. The summed E-state index contributed by atoms with van der Waals surface area (Å²) in [7, 11) is 0. The first-order valence-corrected chi connectivity index (χ1v) is 6.06. The molecule has 1 rings (SSSR count). The average molecular weight is 237 g/mol. The van der Waals surface area contributed by atoms with E-state index in [0.29, 0.717) is 5.56 Å². The maximum atomic E-state index is 8.84. The van der Waals surface area contributed by atoms with Crippen LogP contribution in [0, 0.1) is 11.3 Å². The molecule has 0 heterocycles. The molecule has 0 radical (unpaired) electrons. The summed E-state index contributed by atoms with van der Waals surface area (Å²) in [5, 5.41) is 8.84. The summed E-state index contributed by atoms with van der Waals surface area (Å²) in [4.78, 5) is 0. The molecule has 0 atom stereocenters. The van der Waals surface area contributed by atoms with Crippen molar-refractivity contribution in [1.29, 1.82) is 5.26 Å². The third-order valence-electron chi connectivity index (χ3n) is 3.23. The van der Waals surface area contributed by atoms with Gasteiger partial charge in [0.15, 0.2) is 0 Å². The van der Waals surface area contributed by atoms with E-state index in [9.17, 15) is 0 Å². The van der Waals surface area contributed by atoms with Gasteiger partial charge in [-0.3, -0.25) is 0 Å². The van der Waals surface area contributed by atoms with Crippen LogP contribution in [0.4, 0.5) is 0 Å². The van der Waals surface area contributed by atoms with Crippen LogP contribution in [0.2, 0.25) is 0 Å². The highest BCUT2D eigenvalue weighted by Crippen LogP contribution is 2.36. The molecule has 0 amide bonds. The SMILES string of the molecule is C=CCC(CC=C)(CC=C)c1ccc(C#N)cc1. The lowest BCUT2D eigenvalue weighted by atomic mass is 9.72. The lowest BCUT2D eigenvalue weighted by molar-refractivity contribution is 0.442. The molecule has 1 nitrogen and oxygen atoms in total. The number of hydrogen-bond donors (Lipinski definition) is 0. The minimum Gasteiger partial charge on any atom is -0.192 e. The van der Waals surface area contributed by atoms with Crippen molar-refractivity contribution in [3.8, 4) is 6.07 Å². The van der Waals surface area contributed by atoms with Gasteiger partial charge in [-0.05, 0) is 37.0 Å². The fraction of sp³-hybridized carbons (Fsp3) is 0.235. The Hall–Kier alpha value is -2.07. The van der Waals surface area contributed by atoms with Crippen LogP contribution >= 0.6 is 0 Å². The van der Waals surface area contributed by atoms with E-state index < -0.39 is 0 Å². The molecule has 0 saturated carbocycles. The molecule has 0 unspecified atom stereocenters. The van der Waals surface area contributed by atoms with E-state index in [1.165, 1.54) is 5.56 Å². The van der Waals surface area contributed by atoms with Gasteiger partial charge in [0.2, 0.25) is 0 Å². The topological polar surface area (TPSA) is 23.8 Å². The molecule has 0 bridgehead atoms. The Kier molecular flexibility index (Phi) is 5.14. The molecule has 0 fully saturated rings. The molecule has 18 heavy (non-hydrogen) atoms. The molecule has 0 aromatic heterocycles. The Bertz CT molecular complexity index is 433. The highest BCUT2D eigenvalue weighted by Gasteiger charge is 2.28. The zero-order chi connectivity index (χ0) is 13.4. The first-order chi connectivity index (χ1) is 8.72. The van der Waals surface area contributed by atoms with Crippen LogP contribution in [0.1, 0.15) is 30.4 Å². The summed E-state index contributed by atoms with van der Waals surface area (Å²) in [5.41, 5.74) is 1.86. The maximum Gasteiger partial charge on any atom is 0.0991 e. The highest BCUT2D eigenvalue weighted by atomic mass is 14.3. The molecule has 1 aromatic carbocycles. The highest BCUT2D eigenvalue weighted by molar-refractivity contribution is 5.36. The summed E-state index contributed by atoms with van der Waals surface area (Å²) in [6, 6.07) is 9.91. The van der Waals surface area contributed by atoms with Crippen LogP contribution in [0.25, 0.3) is 0 Å². The number of rotatable bonds is 7. The Balaban J connectivity index is 3.20. The van der Waals surface area contributed by atoms with Gasteiger partial charge >= 0.3 is 0 Å². The Morgan fingerprint density at radius 3 is 1.72 bits per heavy atom. The minimum atomic E-state index is -0.0285. The van der Waals surface area contributed by atoms with Gasteiger partial charge in [-0.15, -0.1) is 19.7 Å². The summed E-state index contributed by atoms with van der Waals surface area (Å²) >= 11 is 0. The van der Waals surface area contributed by atoms with Crippen molar-refractivity contribution in [2.24, 2.45) is 0 Å². The summed E-state index contributed by atoms with van der Waals surface area (Å²) in [5.74, 6) is 0. The molecule has 92 valence electrons. The van der Waals surface area contributed by atoms with Crippen molar-refractivity contribution in [2.45, 2.75) is 24.7 Å². The normalized spacial score (nSPS) is 10.4. The first-order valence-electron chi connectivity index (χ1n) is 6.06. The fourth-order valence-corrected chi connectivity index (χ4v) is 2.33. The molecular weight excluding hydrogens is 218 g/mol. The van der Waals surface area contributed by atoms with Gasteiger partial charge in [-0.1, -0.05) is 30.4 Å². The van der Waals surface area contributed by atoms with Gasteiger partial charge in [0, 0.05) is 5.41 Å². The van der Waals surface area contributed by atoms with Crippen molar-refractivity contribution < 1.29 is 0 Å². The summed E-state index contributed by atoms with van der Waals surface area (Å²) < 4.78 is 0. The van der Waals surface area contributed by atoms with E-state index in [1.807, 2.05) is 42.5 Å². The largest absolute Gasteiger partial charge is 0.192 e. The van der Waals surface area contributed by atoms with Crippen LogP contribution in [0.3, 0.4) is 0 Å². The quantitative estimate of drug-likeness (QED) is 0.639. The van der Waals surface area contributed by atoms with Gasteiger partial charge in [0.25, 0.3) is 0 Å². The van der Waals surface area contributed by atoms with Crippen LogP contribution in [-0.2, 0) is 5.41 Å². The predicted molar refractivity (Wildman–Crippen MR) is 77.3 cm³/mol. The lowest BCUT2D eigenvalue weighted by Gasteiger charge is -2.31. The van der Waals surface area contributed by atoms with E-state index in [-0.39, 0.29) is 5.41 Å². The van der Waals surface area contributed by atoms with E-state index in [2.05, 4.69) is 25.8 Å². The Labute approximate surface area is 110 Å². The van der Waals surface area contributed by atoms with Crippen LogP contribution in [-0.4, -0.2) is 0 Å². The van der Waals surface area contributed by atoms with Gasteiger partial charge in [-0.25, -0.2) is 0 Å². The number of nitrogens with zero attached hydrogens (tertiary/aromatic N) is 1. The van der Waals surface area contributed by atoms with Crippen molar-refractivity contribution in [3.63, 3.8) is 0 Å². The Morgan fingerprint density at radius 1 is 0.944 bits per heavy atom. The molecule has 0 saturated heterocycles.